The summed E-state index contributed by atoms with van der Waals surface area (Å²) < 4.78 is 0. The van der Waals surface area contributed by atoms with Crippen molar-refractivity contribution in [2.45, 2.75) is 6.42 Å². The third-order valence-electron chi connectivity index (χ3n) is 2.81. The molecule has 3 nitrogen and oxygen atoms in total. The molecule has 0 amide bonds. The predicted octanol–water partition coefficient (Wildman–Crippen LogP) is 2.34. The molecule has 17 heavy (non-hydrogen) atoms. The zero-order valence-electron chi connectivity index (χ0n) is 10.0. The molecule has 0 saturated heterocycles. The molecule has 3 heteroatoms. The number of nitrogens with two attached hydrogens (primary N) is 1. The van der Waals surface area contributed by atoms with Gasteiger partial charge in [-0.1, -0.05) is 18.2 Å². The Kier molecular flexibility index (Phi) is 3.60. The molecule has 88 valence electrons. The molecule has 1 aromatic heterocycles. The van der Waals surface area contributed by atoms with Gasteiger partial charge in [-0.3, -0.25) is 4.98 Å². The van der Waals surface area contributed by atoms with Crippen LogP contribution in [0.15, 0.2) is 48.8 Å². The number of pyridine rings is 1. The van der Waals surface area contributed by atoms with Crippen LogP contribution in [-0.4, -0.2) is 18.6 Å². The van der Waals surface area contributed by atoms with Gasteiger partial charge in [0.25, 0.3) is 0 Å². The average molecular weight is 227 g/mol. The molecule has 0 fully saturated rings. The van der Waals surface area contributed by atoms with E-state index in [0.29, 0.717) is 0 Å². The second-order valence-corrected chi connectivity index (χ2v) is 4.09. The van der Waals surface area contributed by atoms with Crippen molar-refractivity contribution >= 4 is 11.4 Å². The fourth-order valence-corrected chi connectivity index (χ4v) is 1.80. The molecular formula is C14H17N3. The molecule has 1 aromatic carbocycles. The van der Waals surface area contributed by atoms with Gasteiger partial charge >= 0.3 is 0 Å². The van der Waals surface area contributed by atoms with Crippen molar-refractivity contribution in [3.63, 3.8) is 0 Å². The summed E-state index contributed by atoms with van der Waals surface area (Å²) in [6, 6.07) is 12.0. The van der Waals surface area contributed by atoms with E-state index in [2.05, 4.69) is 23.0 Å². The molecule has 0 unspecified atom stereocenters. The first-order valence-electron chi connectivity index (χ1n) is 5.72. The average Bonchev–Trinajstić information content (AvgIpc) is 2.38. The highest BCUT2D eigenvalue weighted by Gasteiger charge is 2.04. The van der Waals surface area contributed by atoms with Crippen LogP contribution < -0.4 is 10.6 Å². The Morgan fingerprint density at radius 1 is 1.18 bits per heavy atom. The number of aromatic nitrogens is 1. The molecule has 0 aliphatic carbocycles. The van der Waals surface area contributed by atoms with Crippen LogP contribution in [0, 0.1) is 0 Å². The molecule has 0 aliphatic heterocycles. The fourth-order valence-electron chi connectivity index (χ4n) is 1.80. The van der Waals surface area contributed by atoms with Crippen molar-refractivity contribution in [3.05, 3.63) is 54.4 Å². The Morgan fingerprint density at radius 2 is 2.00 bits per heavy atom. The second-order valence-electron chi connectivity index (χ2n) is 4.09. The number of anilines is 2. The van der Waals surface area contributed by atoms with Gasteiger partial charge in [0, 0.05) is 26.0 Å². The van der Waals surface area contributed by atoms with Crippen LogP contribution >= 0.6 is 0 Å². The van der Waals surface area contributed by atoms with E-state index in [1.165, 1.54) is 5.56 Å². The summed E-state index contributed by atoms with van der Waals surface area (Å²) in [5.41, 5.74) is 9.08. The smallest absolute Gasteiger partial charge is 0.0597 e. The number of rotatable bonds is 4. The molecule has 0 radical (unpaired) electrons. The summed E-state index contributed by atoms with van der Waals surface area (Å²) in [7, 11) is 2.06. The van der Waals surface area contributed by atoms with Crippen LogP contribution in [-0.2, 0) is 6.42 Å². The quantitative estimate of drug-likeness (QED) is 0.815. The Balaban J connectivity index is 1.99. The molecule has 1 heterocycles. The lowest BCUT2D eigenvalue weighted by molar-refractivity contribution is 0.873. The summed E-state index contributed by atoms with van der Waals surface area (Å²) in [6.45, 7) is 0.930. The van der Waals surface area contributed by atoms with Gasteiger partial charge in [0.15, 0.2) is 0 Å². The summed E-state index contributed by atoms with van der Waals surface area (Å²) in [5, 5.41) is 0. The van der Waals surface area contributed by atoms with E-state index in [-0.39, 0.29) is 0 Å². The van der Waals surface area contributed by atoms with Crippen molar-refractivity contribution in [2.24, 2.45) is 0 Å². The minimum absolute atomic E-state index is 0.821. The van der Waals surface area contributed by atoms with Crippen molar-refractivity contribution in [1.29, 1.82) is 0 Å². The zero-order valence-corrected chi connectivity index (χ0v) is 10.0. The van der Waals surface area contributed by atoms with Crippen molar-refractivity contribution < 1.29 is 0 Å². The van der Waals surface area contributed by atoms with Gasteiger partial charge in [-0.2, -0.15) is 0 Å². The van der Waals surface area contributed by atoms with Crippen molar-refractivity contribution in [1.82, 2.24) is 4.98 Å². The topological polar surface area (TPSA) is 42.2 Å². The minimum Gasteiger partial charge on any atom is -0.397 e. The number of hydrogen-bond donors (Lipinski definition) is 1. The van der Waals surface area contributed by atoms with E-state index in [1.807, 2.05) is 36.5 Å². The first-order valence-corrected chi connectivity index (χ1v) is 5.72. The SMILES string of the molecule is CN(CCc1cccnc1)c1ccccc1N. The normalized spacial score (nSPS) is 10.2. The van der Waals surface area contributed by atoms with Gasteiger partial charge in [0.05, 0.1) is 11.4 Å². The minimum atomic E-state index is 0.821. The fraction of sp³-hybridized carbons (Fsp3) is 0.214. The molecule has 2 aromatic rings. The van der Waals surface area contributed by atoms with E-state index < -0.39 is 0 Å². The lowest BCUT2D eigenvalue weighted by atomic mass is 10.2. The lowest BCUT2D eigenvalue weighted by Crippen LogP contribution is -2.21. The van der Waals surface area contributed by atoms with E-state index in [1.54, 1.807) is 6.20 Å². The second kappa shape index (κ2) is 5.34. The number of likely N-dealkylation sites (N-methyl/N-ethyl adjacent to an activating group) is 1. The molecule has 2 rings (SSSR count). The van der Waals surface area contributed by atoms with Gasteiger partial charge < -0.3 is 10.6 Å². The summed E-state index contributed by atoms with van der Waals surface area (Å²) in [6.07, 6.45) is 4.67. The molecule has 0 aliphatic rings. The molecule has 2 N–H and O–H groups in total. The molecular weight excluding hydrogens is 210 g/mol. The highest BCUT2D eigenvalue weighted by atomic mass is 15.1. The van der Waals surface area contributed by atoms with E-state index >= 15 is 0 Å². The zero-order chi connectivity index (χ0) is 12.1. The maximum Gasteiger partial charge on any atom is 0.0597 e. The molecule has 0 saturated carbocycles. The number of hydrogen-bond acceptors (Lipinski definition) is 3. The predicted molar refractivity (Wildman–Crippen MR) is 72.1 cm³/mol. The number of nitrogen functional groups attached to an aromatic ring is 1. The molecule has 0 atom stereocenters. The van der Waals surface area contributed by atoms with Crippen LogP contribution in [0.1, 0.15) is 5.56 Å². The monoisotopic (exact) mass is 227 g/mol. The standard InChI is InChI=1S/C14H17N3/c1-17(14-7-3-2-6-13(14)15)10-8-12-5-4-9-16-11-12/h2-7,9,11H,8,10,15H2,1H3. The maximum atomic E-state index is 5.94. The van der Waals surface area contributed by atoms with Gasteiger partial charge in [0.1, 0.15) is 0 Å². The Morgan fingerprint density at radius 3 is 2.71 bits per heavy atom. The molecule has 0 bridgehead atoms. The first kappa shape index (κ1) is 11.5. The van der Waals surface area contributed by atoms with Gasteiger partial charge in [-0.25, -0.2) is 0 Å². The Hall–Kier alpha value is -2.03. The highest BCUT2D eigenvalue weighted by Crippen LogP contribution is 2.20. The Bertz CT molecular complexity index is 468. The Labute approximate surface area is 102 Å². The van der Waals surface area contributed by atoms with Crippen LogP contribution in [0.3, 0.4) is 0 Å². The van der Waals surface area contributed by atoms with Gasteiger partial charge in [0.2, 0.25) is 0 Å². The lowest BCUT2D eigenvalue weighted by Gasteiger charge is -2.20. The third kappa shape index (κ3) is 2.97. The number of para-hydroxylation sites is 2. The van der Waals surface area contributed by atoms with Gasteiger partial charge in [-0.05, 0) is 30.2 Å². The maximum absolute atomic E-state index is 5.94. The molecule has 0 spiro atoms. The van der Waals surface area contributed by atoms with Crippen molar-refractivity contribution in [3.8, 4) is 0 Å². The summed E-state index contributed by atoms with van der Waals surface area (Å²) in [4.78, 5) is 6.28. The van der Waals surface area contributed by atoms with Crippen LogP contribution in [0.25, 0.3) is 0 Å². The summed E-state index contributed by atoms with van der Waals surface area (Å²) >= 11 is 0. The summed E-state index contributed by atoms with van der Waals surface area (Å²) in [5.74, 6) is 0. The third-order valence-corrected chi connectivity index (χ3v) is 2.81. The number of nitrogens with zero attached hydrogens (tertiary/aromatic N) is 2. The number of benzene rings is 1. The van der Waals surface area contributed by atoms with Crippen molar-refractivity contribution in [2.75, 3.05) is 24.2 Å². The van der Waals surface area contributed by atoms with E-state index in [9.17, 15) is 0 Å². The van der Waals surface area contributed by atoms with E-state index in [4.69, 9.17) is 5.73 Å². The largest absolute Gasteiger partial charge is 0.397 e. The first-order chi connectivity index (χ1) is 8.27. The van der Waals surface area contributed by atoms with Gasteiger partial charge in [-0.15, -0.1) is 0 Å². The van der Waals surface area contributed by atoms with E-state index in [0.717, 1.165) is 24.3 Å². The van der Waals surface area contributed by atoms with Crippen LogP contribution in [0.5, 0.6) is 0 Å². The van der Waals surface area contributed by atoms with Crippen LogP contribution in [0.4, 0.5) is 11.4 Å². The highest BCUT2D eigenvalue weighted by molar-refractivity contribution is 5.66. The van der Waals surface area contributed by atoms with Crippen LogP contribution in [0.2, 0.25) is 0 Å².